The highest BCUT2D eigenvalue weighted by Crippen LogP contribution is 2.18. The molecule has 17 heavy (non-hydrogen) atoms. The van der Waals surface area contributed by atoms with Gasteiger partial charge in [-0.05, 0) is 32.9 Å². The van der Waals surface area contributed by atoms with Gasteiger partial charge in [-0.15, -0.1) is 0 Å². The molecule has 0 spiro atoms. The van der Waals surface area contributed by atoms with Gasteiger partial charge in [0.1, 0.15) is 5.75 Å². The molecule has 94 valence electrons. The second-order valence-corrected chi connectivity index (χ2v) is 4.85. The van der Waals surface area contributed by atoms with Gasteiger partial charge in [-0.25, -0.2) is 0 Å². The summed E-state index contributed by atoms with van der Waals surface area (Å²) >= 11 is 4.05. The van der Waals surface area contributed by atoms with Crippen molar-refractivity contribution < 1.29 is 9.53 Å². The van der Waals surface area contributed by atoms with Crippen LogP contribution in [0.5, 0.6) is 5.75 Å². The quantitative estimate of drug-likeness (QED) is 0.790. The summed E-state index contributed by atoms with van der Waals surface area (Å²) in [5.74, 6) is 1.18. The third-order valence-electron chi connectivity index (χ3n) is 2.34. The van der Waals surface area contributed by atoms with Crippen LogP contribution in [0.3, 0.4) is 0 Å². The molecular weight excluding hydrogens is 234 g/mol. The standard InChI is InChI=1S/C13H19NO2S/c1-10-4-6-11(7-5-10)16-13(2,3)12(15)14-8-9-17/h4-7,17H,8-9H2,1-3H3,(H,14,15). The number of rotatable bonds is 5. The molecule has 1 rings (SSSR count). The molecule has 0 radical (unpaired) electrons. The fraction of sp³-hybridized carbons (Fsp3) is 0.462. The highest BCUT2D eigenvalue weighted by molar-refractivity contribution is 7.80. The van der Waals surface area contributed by atoms with Gasteiger partial charge in [0, 0.05) is 12.3 Å². The van der Waals surface area contributed by atoms with Crippen LogP contribution in [0, 0.1) is 6.92 Å². The Morgan fingerprint density at radius 2 is 1.94 bits per heavy atom. The molecule has 0 unspecified atom stereocenters. The van der Waals surface area contributed by atoms with Crippen LogP contribution in [0.15, 0.2) is 24.3 Å². The van der Waals surface area contributed by atoms with E-state index in [0.29, 0.717) is 18.0 Å². The van der Waals surface area contributed by atoms with Crippen molar-refractivity contribution >= 4 is 18.5 Å². The Hall–Kier alpha value is -1.16. The Morgan fingerprint density at radius 1 is 1.35 bits per heavy atom. The van der Waals surface area contributed by atoms with Gasteiger partial charge in [0.2, 0.25) is 0 Å². The normalized spacial score (nSPS) is 11.1. The lowest BCUT2D eigenvalue weighted by Crippen LogP contribution is -2.47. The first-order valence-electron chi connectivity index (χ1n) is 5.60. The first kappa shape index (κ1) is 13.9. The van der Waals surface area contributed by atoms with Crippen molar-refractivity contribution in [3.8, 4) is 5.75 Å². The van der Waals surface area contributed by atoms with Crippen LogP contribution in [0.4, 0.5) is 0 Å². The molecule has 0 aromatic heterocycles. The fourth-order valence-corrected chi connectivity index (χ4v) is 1.44. The third-order valence-corrected chi connectivity index (χ3v) is 2.56. The minimum Gasteiger partial charge on any atom is -0.478 e. The molecule has 0 aliphatic rings. The number of benzene rings is 1. The predicted octanol–water partition coefficient (Wildman–Crippen LogP) is 2.20. The summed E-state index contributed by atoms with van der Waals surface area (Å²) < 4.78 is 5.68. The molecule has 0 bridgehead atoms. The SMILES string of the molecule is Cc1ccc(OC(C)(C)C(=O)NCCS)cc1. The van der Waals surface area contributed by atoms with Gasteiger partial charge >= 0.3 is 0 Å². The fourth-order valence-electron chi connectivity index (χ4n) is 1.33. The number of nitrogens with one attached hydrogen (secondary N) is 1. The summed E-state index contributed by atoms with van der Waals surface area (Å²) in [7, 11) is 0. The number of hydrogen-bond donors (Lipinski definition) is 2. The Kier molecular flexibility index (Phi) is 4.87. The second kappa shape index (κ2) is 5.96. The van der Waals surface area contributed by atoms with Gasteiger partial charge in [-0.2, -0.15) is 12.6 Å². The average molecular weight is 253 g/mol. The smallest absolute Gasteiger partial charge is 0.263 e. The summed E-state index contributed by atoms with van der Waals surface area (Å²) in [5.41, 5.74) is 0.285. The molecule has 0 heterocycles. The maximum absolute atomic E-state index is 11.8. The molecular formula is C13H19NO2S. The Bertz CT molecular complexity index is 374. The van der Waals surface area contributed by atoms with E-state index in [9.17, 15) is 4.79 Å². The van der Waals surface area contributed by atoms with E-state index in [-0.39, 0.29) is 5.91 Å². The molecule has 0 aliphatic heterocycles. The maximum atomic E-state index is 11.8. The summed E-state index contributed by atoms with van der Waals surface area (Å²) in [5, 5.41) is 2.76. The van der Waals surface area contributed by atoms with Crippen LogP contribution in [0.25, 0.3) is 0 Å². The van der Waals surface area contributed by atoms with E-state index in [1.54, 1.807) is 13.8 Å². The van der Waals surface area contributed by atoms with E-state index in [1.807, 2.05) is 31.2 Å². The predicted molar refractivity (Wildman–Crippen MR) is 72.7 cm³/mol. The van der Waals surface area contributed by atoms with Crippen LogP contribution in [-0.4, -0.2) is 23.8 Å². The number of carbonyl (C=O) groups is 1. The number of thiol groups is 1. The molecule has 0 saturated heterocycles. The average Bonchev–Trinajstić information content (AvgIpc) is 2.28. The van der Waals surface area contributed by atoms with Crippen molar-refractivity contribution in [1.29, 1.82) is 0 Å². The minimum atomic E-state index is -0.877. The van der Waals surface area contributed by atoms with Crippen molar-refractivity contribution in [1.82, 2.24) is 5.32 Å². The molecule has 1 amide bonds. The summed E-state index contributed by atoms with van der Waals surface area (Å²) in [6, 6.07) is 7.64. The van der Waals surface area contributed by atoms with Crippen molar-refractivity contribution in [2.45, 2.75) is 26.4 Å². The van der Waals surface area contributed by atoms with Crippen molar-refractivity contribution in [2.24, 2.45) is 0 Å². The molecule has 4 heteroatoms. The molecule has 1 N–H and O–H groups in total. The third kappa shape index (κ3) is 4.30. The minimum absolute atomic E-state index is 0.132. The summed E-state index contributed by atoms with van der Waals surface area (Å²) in [6.07, 6.45) is 0. The van der Waals surface area contributed by atoms with Crippen LogP contribution in [0.1, 0.15) is 19.4 Å². The van der Waals surface area contributed by atoms with E-state index in [1.165, 1.54) is 0 Å². The zero-order chi connectivity index (χ0) is 12.9. The summed E-state index contributed by atoms with van der Waals surface area (Å²) in [6.45, 7) is 6.05. The molecule has 3 nitrogen and oxygen atoms in total. The number of ether oxygens (including phenoxy) is 1. The second-order valence-electron chi connectivity index (χ2n) is 4.40. The molecule has 0 atom stereocenters. The van der Waals surface area contributed by atoms with Gasteiger partial charge in [-0.1, -0.05) is 17.7 Å². The first-order valence-corrected chi connectivity index (χ1v) is 6.24. The zero-order valence-electron chi connectivity index (χ0n) is 10.5. The number of amides is 1. The van der Waals surface area contributed by atoms with Gasteiger partial charge in [0.25, 0.3) is 5.91 Å². The van der Waals surface area contributed by atoms with Gasteiger partial charge < -0.3 is 10.1 Å². The monoisotopic (exact) mass is 253 g/mol. The van der Waals surface area contributed by atoms with E-state index >= 15 is 0 Å². The molecule has 0 aliphatic carbocycles. The van der Waals surface area contributed by atoms with Gasteiger partial charge in [-0.3, -0.25) is 4.79 Å². The lowest BCUT2D eigenvalue weighted by atomic mass is 10.1. The first-order chi connectivity index (χ1) is 7.95. The molecule has 1 aromatic carbocycles. The Morgan fingerprint density at radius 3 is 2.47 bits per heavy atom. The number of carbonyl (C=O) groups excluding carboxylic acids is 1. The number of hydrogen-bond acceptors (Lipinski definition) is 3. The van der Waals surface area contributed by atoms with Crippen LogP contribution in [0.2, 0.25) is 0 Å². The van der Waals surface area contributed by atoms with E-state index in [4.69, 9.17) is 4.74 Å². The highest BCUT2D eigenvalue weighted by Gasteiger charge is 2.29. The lowest BCUT2D eigenvalue weighted by Gasteiger charge is -2.25. The van der Waals surface area contributed by atoms with Crippen LogP contribution in [-0.2, 0) is 4.79 Å². The van der Waals surface area contributed by atoms with Crippen molar-refractivity contribution in [3.05, 3.63) is 29.8 Å². The highest BCUT2D eigenvalue weighted by atomic mass is 32.1. The van der Waals surface area contributed by atoms with Gasteiger partial charge in [0.05, 0.1) is 0 Å². The van der Waals surface area contributed by atoms with Crippen molar-refractivity contribution in [2.75, 3.05) is 12.3 Å². The summed E-state index contributed by atoms with van der Waals surface area (Å²) in [4.78, 5) is 11.8. The Balaban J connectivity index is 2.65. The van der Waals surface area contributed by atoms with Gasteiger partial charge in [0.15, 0.2) is 5.60 Å². The van der Waals surface area contributed by atoms with E-state index in [0.717, 1.165) is 5.56 Å². The zero-order valence-corrected chi connectivity index (χ0v) is 11.4. The lowest BCUT2D eigenvalue weighted by molar-refractivity contribution is -0.134. The molecule has 1 aromatic rings. The van der Waals surface area contributed by atoms with Crippen LogP contribution < -0.4 is 10.1 Å². The van der Waals surface area contributed by atoms with E-state index in [2.05, 4.69) is 17.9 Å². The van der Waals surface area contributed by atoms with E-state index < -0.39 is 5.60 Å². The molecule has 0 saturated carbocycles. The molecule has 0 fully saturated rings. The largest absolute Gasteiger partial charge is 0.478 e. The topological polar surface area (TPSA) is 38.3 Å². The van der Waals surface area contributed by atoms with Crippen molar-refractivity contribution in [3.63, 3.8) is 0 Å². The number of aryl methyl sites for hydroxylation is 1. The van der Waals surface area contributed by atoms with Crippen LogP contribution >= 0.6 is 12.6 Å². The maximum Gasteiger partial charge on any atom is 0.263 e. The Labute approximate surface area is 108 Å².